The van der Waals surface area contributed by atoms with Crippen LogP contribution in [0.2, 0.25) is 0 Å². The zero-order valence-corrected chi connectivity index (χ0v) is 16.9. The molecule has 0 bridgehead atoms. The van der Waals surface area contributed by atoms with E-state index in [-0.39, 0.29) is 42.0 Å². The molecule has 3 amide bonds. The summed E-state index contributed by atoms with van der Waals surface area (Å²) in [5, 5.41) is 2.70. The van der Waals surface area contributed by atoms with Crippen molar-refractivity contribution >= 4 is 23.7 Å². The van der Waals surface area contributed by atoms with Crippen LogP contribution in [0.25, 0.3) is 0 Å². The number of carbonyl (C=O) groups is 4. The molecule has 0 aromatic heterocycles. The first kappa shape index (κ1) is 21.2. The van der Waals surface area contributed by atoms with E-state index in [0.29, 0.717) is 26.0 Å². The highest BCUT2D eigenvalue weighted by Gasteiger charge is 2.52. The van der Waals surface area contributed by atoms with Crippen LogP contribution in [0.5, 0.6) is 0 Å². The molecule has 8 heteroatoms. The highest BCUT2D eigenvalue weighted by Crippen LogP contribution is 2.31. The molecule has 1 N–H and O–H groups in total. The van der Waals surface area contributed by atoms with E-state index in [1.54, 1.807) is 0 Å². The highest BCUT2D eigenvalue weighted by molar-refractivity contribution is 5.98. The predicted molar refractivity (Wildman–Crippen MR) is 98.9 cm³/mol. The van der Waals surface area contributed by atoms with E-state index in [2.05, 4.69) is 5.32 Å². The smallest absolute Gasteiger partial charge is 0.410 e. The first-order valence-corrected chi connectivity index (χ1v) is 9.65. The Morgan fingerprint density at radius 1 is 1.15 bits per heavy atom. The molecule has 2 saturated heterocycles. The normalized spacial score (nSPS) is 23.0. The Morgan fingerprint density at radius 2 is 1.81 bits per heavy atom. The van der Waals surface area contributed by atoms with Gasteiger partial charge in [-0.1, -0.05) is 27.7 Å². The van der Waals surface area contributed by atoms with Crippen LogP contribution < -0.4 is 5.32 Å². The summed E-state index contributed by atoms with van der Waals surface area (Å²) in [6.07, 6.45) is 0.535. The summed E-state index contributed by atoms with van der Waals surface area (Å²) < 4.78 is 5.27. The maximum absolute atomic E-state index is 13.0. The van der Waals surface area contributed by atoms with Gasteiger partial charge in [-0.3, -0.25) is 19.3 Å². The largest absolute Gasteiger partial charge is 0.449 e. The van der Waals surface area contributed by atoms with Crippen molar-refractivity contribution in [2.75, 3.05) is 19.7 Å². The SMILES string of the molecule is CC(=O)N[C@@H](CC(C)C)C(=O)N1CC(=O)[C@@H]2[C@H]1CCN2C(=O)OCC(C)C. The molecule has 0 aromatic carbocycles. The van der Waals surface area contributed by atoms with Crippen LogP contribution in [0, 0.1) is 11.8 Å². The van der Waals surface area contributed by atoms with Gasteiger partial charge in [0.05, 0.1) is 19.2 Å². The van der Waals surface area contributed by atoms with Crippen molar-refractivity contribution in [2.45, 2.75) is 65.6 Å². The minimum atomic E-state index is -0.656. The summed E-state index contributed by atoms with van der Waals surface area (Å²) in [6.45, 7) is 9.86. The number of hydrogen-bond acceptors (Lipinski definition) is 5. The lowest BCUT2D eigenvalue weighted by molar-refractivity contribution is -0.137. The zero-order valence-electron chi connectivity index (χ0n) is 16.9. The first-order chi connectivity index (χ1) is 12.6. The molecule has 0 aromatic rings. The van der Waals surface area contributed by atoms with Crippen LogP contribution in [0.3, 0.4) is 0 Å². The lowest BCUT2D eigenvalue weighted by Crippen LogP contribution is -2.51. The third-order valence-electron chi connectivity index (χ3n) is 4.86. The molecule has 2 fully saturated rings. The summed E-state index contributed by atoms with van der Waals surface area (Å²) >= 11 is 0. The third-order valence-corrected chi connectivity index (χ3v) is 4.86. The quantitative estimate of drug-likeness (QED) is 0.745. The van der Waals surface area contributed by atoms with Gasteiger partial charge in [0.25, 0.3) is 0 Å². The number of ether oxygens (including phenoxy) is 1. The Bertz CT molecular complexity index is 604. The second kappa shape index (κ2) is 8.71. The van der Waals surface area contributed by atoms with Crippen molar-refractivity contribution in [2.24, 2.45) is 11.8 Å². The van der Waals surface area contributed by atoms with Gasteiger partial charge in [-0.25, -0.2) is 4.79 Å². The summed E-state index contributed by atoms with van der Waals surface area (Å²) in [5.41, 5.74) is 0. The average Bonchev–Trinajstić information content (AvgIpc) is 3.12. The molecule has 2 aliphatic rings. The Labute approximate surface area is 160 Å². The van der Waals surface area contributed by atoms with Gasteiger partial charge in [-0.05, 0) is 24.7 Å². The molecular formula is C19H31N3O5. The molecule has 0 spiro atoms. The van der Waals surface area contributed by atoms with Gasteiger partial charge in [0.1, 0.15) is 12.1 Å². The summed E-state index contributed by atoms with van der Waals surface area (Å²) in [5.74, 6) is -0.262. The molecule has 0 saturated carbocycles. The van der Waals surface area contributed by atoms with Crippen molar-refractivity contribution < 1.29 is 23.9 Å². The van der Waals surface area contributed by atoms with Crippen molar-refractivity contribution in [3.8, 4) is 0 Å². The number of Topliss-reactive ketones (excluding diaryl/α,β-unsaturated/α-hetero) is 1. The summed E-state index contributed by atoms with van der Waals surface area (Å²) in [6, 6.07) is -1.65. The van der Waals surface area contributed by atoms with Crippen LogP contribution >= 0.6 is 0 Å². The number of ketones is 1. The number of nitrogens with one attached hydrogen (secondary N) is 1. The van der Waals surface area contributed by atoms with Gasteiger partial charge >= 0.3 is 6.09 Å². The maximum atomic E-state index is 13.0. The maximum Gasteiger partial charge on any atom is 0.410 e. The number of amides is 3. The van der Waals surface area contributed by atoms with E-state index in [1.807, 2.05) is 27.7 Å². The van der Waals surface area contributed by atoms with Gasteiger partial charge in [0.15, 0.2) is 5.78 Å². The van der Waals surface area contributed by atoms with Gasteiger partial charge < -0.3 is 15.0 Å². The van der Waals surface area contributed by atoms with Crippen LogP contribution in [-0.2, 0) is 19.1 Å². The molecule has 0 aliphatic carbocycles. The van der Waals surface area contributed by atoms with E-state index in [0.717, 1.165) is 0 Å². The topological polar surface area (TPSA) is 96.0 Å². The van der Waals surface area contributed by atoms with E-state index in [4.69, 9.17) is 4.74 Å². The number of rotatable bonds is 6. The Hall–Kier alpha value is -2.12. The number of nitrogens with zero attached hydrogens (tertiary/aromatic N) is 2. The Balaban J connectivity index is 2.10. The highest BCUT2D eigenvalue weighted by atomic mass is 16.6. The third kappa shape index (κ3) is 4.99. The second-order valence-corrected chi connectivity index (χ2v) is 8.28. The Kier molecular flexibility index (Phi) is 6.84. The summed E-state index contributed by atoms with van der Waals surface area (Å²) in [7, 11) is 0. The minimum absolute atomic E-state index is 0.0314. The standard InChI is InChI=1S/C19H31N3O5/c1-11(2)8-14(20-13(5)23)18(25)22-9-16(24)17-15(22)6-7-21(17)19(26)27-10-12(3)4/h11-12,14-15,17H,6-10H2,1-5H3,(H,20,23)/t14-,15+,17-/m0/s1. The second-order valence-electron chi connectivity index (χ2n) is 8.28. The van der Waals surface area contributed by atoms with Gasteiger partial charge in [0.2, 0.25) is 11.8 Å². The van der Waals surface area contributed by atoms with Crippen LogP contribution in [0.15, 0.2) is 0 Å². The van der Waals surface area contributed by atoms with Crippen molar-refractivity contribution in [3.63, 3.8) is 0 Å². The molecule has 0 unspecified atom stereocenters. The summed E-state index contributed by atoms with van der Waals surface area (Å²) in [4.78, 5) is 52.4. The number of carbonyl (C=O) groups excluding carboxylic acids is 4. The lowest BCUT2D eigenvalue weighted by Gasteiger charge is -2.28. The molecule has 0 radical (unpaired) electrons. The average molecular weight is 381 g/mol. The van der Waals surface area contributed by atoms with E-state index < -0.39 is 18.2 Å². The molecular weight excluding hydrogens is 350 g/mol. The number of fused-ring (bicyclic) bond motifs is 1. The first-order valence-electron chi connectivity index (χ1n) is 9.65. The Morgan fingerprint density at radius 3 is 2.37 bits per heavy atom. The fourth-order valence-electron chi connectivity index (χ4n) is 3.77. The van der Waals surface area contributed by atoms with Crippen LogP contribution in [-0.4, -0.2) is 71.3 Å². The number of likely N-dealkylation sites (tertiary alicyclic amines) is 2. The van der Waals surface area contributed by atoms with Gasteiger partial charge in [0, 0.05) is 13.5 Å². The molecule has 2 rings (SSSR count). The predicted octanol–water partition coefficient (Wildman–Crippen LogP) is 1.18. The van der Waals surface area contributed by atoms with Crippen molar-refractivity contribution in [1.29, 1.82) is 0 Å². The molecule has 8 nitrogen and oxygen atoms in total. The molecule has 2 heterocycles. The van der Waals surface area contributed by atoms with E-state index >= 15 is 0 Å². The molecule has 152 valence electrons. The van der Waals surface area contributed by atoms with E-state index in [9.17, 15) is 19.2 Å². The molecule has 2 aliphatic heterocycles. The lowest BCUT2D eigenvalue weighted by atomic mass is 10.0. The minimum Gasteiger partial charge on any atom is -0.449 e. The zero-order chi connectivity index (χ0) is 20.3. The van der Waals surface area contributed by atoms with Crippen LogP contribution in [0.4, 0.5) is 4.79 Å². The van der Waals surface area contributed by atoms with Crippen molar-refractivity contribution in [3.05, 3.63) is 0 Å². The fraction of sp³-hybridized carbons (Fsp3) is 0.789. The van der Waals surface area contributed by atoms with Crippen LogP contribution in [0.1, 0.15) is 47.5 Å². The monoisotopic (exact) mass is 381 g/mol. The molecule has 27 heavy (non-hydrogen) atoms. The van der Waals surface area contributed by atoms with Gasteiger partial charge in [-0.15, -0.1) is 0 Å². The van der Waals surface area contributed by atoms with E-state index in [1.165, 1.54) is 16.7 Å². The fourth-order valence-corrected chi connectivity index (χ4v) is 3.77. The van der Waals surface area contributed by atoms with Crippen molar-refractivity contribution in [1.82, 2.24) is 15.1 Å². The molecule has 3 atom stereocenters. The number of hydrogen-bond donors (Lipinski definition) is 1. The van der Waals surface area contributed by atoms with Gasteiger partial charge in [-0.2, -0.15) is 0 Å².